The van der Waals surface area contributed by atoms with E-state index >= 15 is 0 Å². The summed E-state index contributed by atoms with van der Waals surface area (Å²) in [5.41, 5.74) is 3.15. The molecule has 1 aliphatic heterocycles. The molecule has 2 aliphatic rings. The summed E-state index contributed by atoms with van der Waals surface area (Å²) in [5, 5.41) is 4.72. The molecule has 1 aromatic rings. The van der Waals surface area contributed by atoms with Crippen molar-refractivity contribution in [3.63, 3.8) is 0 Å². The van der Waals surface area contributed by atoms with Gasteiger partial charge in [-0.25, -0.2) is 0 Å². The fourth-order valence-electron chi connectivity index (χ4n) is 4.12. The molecule has 2 nitrogen and oxygen atoms in total. The van der Waals surface area contributed by atoms with Gasteiger partial charge in [0.05, 0.1) is 0 Å². The SMILES string of the molecule is CN1CCCC(CNC2c3cc(Cl)ccc3CC2(C)C)C1. The third kappa shape index (κ3) is 3.28. The molecule has 0 amide bonds. The second kappa shape index (κ2) is 5.91. The third-order valence-electron chi connectivity index (χ3n) is 5.18. The highest BCUT2D eigenvalue weighted by atomic mass is 35.5. The Morgan fingerprint density at radius 1 is 1.38 bits per heavy atom. The lowest BCUT2D eigenvalue weighted by atomic mass is 9.85. The van der Waals surface area contributed by atoms with E-state index in [-0.39, 0.29) is 5.41 Å². The van der Waals surface area contributed by atoms with Crippen molar-refractivity contribution >= 4 is 11.6 Å². The molecule has 2 unspecified atom stereocenters. The van der Waals surface area contributed by atoms with Crippen LogP contribution in [0, 0.1) is 11.3 Å². The van der Waals surface area contributed by atoms with Crippen LogP contribution >= 0.6 is 11.6 Å². The Bertz CT molecular complexity index is 512. The maximum absolute atomic E-state index is 6.22. The van der Waals surface area contributed by atoms with Crippen LogP contribution in [-0.4, -0.2) is 31.6 Å². The third-order valence-corrected chi connectivity index (χ3v) is 5.41. The van der Waals surface area contributed by atoms with Crippen molar-refractivity contribution in [2.45, 2.75) is 39.2 Å². The van der Waals surface area contributed by atoms with E-state index in [1.54, 1.807) is 0 Å². The van der Waals surface area contributed by atoms with E-state index in [1.807, 2.05) is 6.07 Å². The smallest absolute Gasteiger partial charge is 0.0409 e. The summed E-state index contributed by atoms with van der Waals surface area (Å²) in [4.78, 5) is 2.46. The lowest BCUT2D eigenvalue weighted by molar-refractivity contribution is 0.187. The van der Waals surface area contributed by atoms with E-state index in [0.717, 1.165) is 23.9 Å². The Morgan fingerprint density at radius 3 is 2.95 bits per heavy atom. The summed E-state index contributed by atoms with van der Waals surface area (Å²) in [6, 6.07) is 6.82. The van der Waals surface area contributed by atoms with Crippen LogP contribution in [0.3, 0.4) is 0 Å². The fourth-order valence-corrected chi connectivity index (χ4v) is 4.30. The van der Waals surface area contributed by atoms with Crippen LogP contribution < -0.4 is 5.32 Å². The first-order chi connectivity index (χ1) is 9.95. The molecule has 3 rings (SSSR count). The number of fused-ring (bicyclic) bond motifs is 1. The molecule has 1 N–H and O–H groups in total. The number of hydrogen-bond donors (Lipinski definition) is 1. The predicted molar refractivity (Wildman–Crippen MR) is 89.9 cm³/mol. The van der Waals surface area contributed by atoms with E-state index in [4.69, 9.17) is 11.6 Å². The van der Waals surface area contributed by atoms with Gasteiger partial charge in [-0.15, -0.1) is 0 Å². The van der Waals surface area contributed by atoms with Crippen molar-refractivity contribution in [3.05, 3.63) is 34.3 Å². The molecule has 0 radical (unpaired) electrons. The van der Waals surface area contributed by atoms with Crippen LogP contribution in [0.25, 0.3) is 0 Å². The summed E-state index contributed by atoms with van der Waals surface area (Å²) in [6.45, 7) is 8.33. The van der Waals surface area contributed by atoms with Crippen molar-refractivity contribution < 1.29 is 0 Å². The number of nitrogens with zero attached hydrogens (tertiary/aromatic N) is 1. The Balaban J connectivity index is 1.71. The molecule has 1 aliphatic carbocycles. The summed E-state index contributed by atoms with van der Waals surface area (Å²) in [6.07, 6.45) is 3.83. The topological polar surface area (TPSA) is 15.3 Å². The van der Waals surface area contributed by atoms with Crippen molar-refractivity contribution in [3.8, 4) is 0 Å². The first-order valence-corrected chi connectivity index (χ1v) is 8.54. The minimum absolute atomic E-state index is 0.271. The molecule has 0 bridgehead atoms. The van der Waals surface area contributed by atoms with E-state index in [0.29, 0.717) is 6.04 Å². The van der Waals surface area contributed by atoms with Crippen molar-refractivity contribution in [1.82, 2.24) is 10.2 Å². The van der Waals surface area contributed by atoms with E-state index in [9.17, 15) is 0 Å². The second-order valence-electron chi connectivity index (χ2n) is 7.62. The Hall–Kier alpha value is -0.570. The highest BCUT2D eigenvalue weighted by Gasteiger charge is 2.39. The predicted octanol–water partition coefficient (Wildman–Crippen LogP) is 3.89. The number of piperidine rings is 1. The average molecular weight is 307 g/mol. The number of hydrogen-bond acceptors (Lipinski definition) is 2. The van der Waals surface area contributed by atoms with Crippen LogP contribution in [0.2, 0.25) is 5.02 Å². The molecular weight excluding hydrogens is 280 g/mol. The minimum atomic E-state index is 0.271. The zero-order valence-corrected chi connectivity index (χ0v) is 14.2. The molecule has 1 fully saturated rings. The standard InChI is InChI=1S/C18H27ClN2/c1-18(2)10-14-6-7-15(19)9-16(14)17(18)20-11-13-5-4-8-21(3)12-13/h6-7,9,13,17,20H,4-5,8,10-12H2,1-3H3. The fraction of sp³-hybridized carbons (Fsp3) is 0.667. The lowest BCUT2D eigenvalue weighted by Gasteiger charge is -2.34. The zero-order chi connectivity index (χ0) is 15.0. The largest absolute Gasteiger partial charge is 0.309 e. The molecule has 116 valence electrons. The molecule has 2 atom stereocenters. The van der Waals surface area contributed by atoms with Gasteiger partial charge in [0.2, 0.25) is 0 Å². The van der Waals surface area contributed by atoms with Crippen molar-refractivity contribution in [2.24, 2.45) is 11.3 Å². The van der Waals surface area contributed by atoms with Gasteiger partial charge in [0.15, 0.2) is 0 Å². The average Bonchev–Trinajstić information content (AvgIpc) is 2.66. The van der Waals surface area contributed by atoms with Crippen LogP contribution in [0.5, 0.6) is 0 Å². The van der Waals surface area contributed by atoms with Gasteiger partial charge in [-0.05, 0) is 74.0 Å². The molecule has 21 heavy (non-hydrogen) atoms. The molecule has 1 heterocycles. The molecule has 1 saturated heterocycles. The quantitative estimate of drug-likeness (QED) is 0.911. The molecule has 0 spiro atoms. The number of likely N-dealkylation sites (tertiary alicyclic amines) is 1. The first kappa shape index (κ1) is 15.3. The van der Waals surface area contributed by atoms with E-state index in [2.05, 4.69) is 43.2 Å². The van der Waals surface area contributed by atoms with Gasteiger partial charge < -0.3 is 10.2 Å². The highest BCUT2D eigenvalue weighted by molar-refractivity contribution is 6.30. The van der Waals surface area contributed by atoms with Gasteiger partial charge in [0.25, 0.3) is 0 Å². The van der Waals surface area contributed by atoms with Crippen LogP contribution in [0.4, 0.5) is 0 Å². The van der Waals surface area contributed by atoms with Gasteiger partial charge in [-0.3, -0.25) is 0 Å². The Morgan fingerprint density at radius 2 is 2.19 bits per heavy atom. The van der Waals surface area contributed by atoms with Gasteiger partial charge >= 0.3 is 0 Å². The normalized spacial score (nSPS) is 28.6. The van der Waals surface area contributed by atoms with Gasteiger partial charge in [-0.1, -0.05) is 31.5 Å². The first-order valence-electron chi connectivity index (χ1n) is 8.16. The second-order valence-corrected chi connectivity index (χ2v) is 8.06. The van der Waals surface area contributed by atoms with Crippen molar-refractivity contribution in [1.29, 1.82) is 0 Å². The Labute approximate surface area is 133 Å². The van der Waals surface area contributed by atoms with Gasteiger partial charge in [0.1, 0.15) is 0 Å². The molecular formula is C18H27ClN2. The molecule has 0 saturated carbocycles. The van der Waals surface area contributed by atoms with Crippen molar-refractivity contribution in [2.75, 3.05) is 26.7 Å². The summed E-state index contributed by atoms with van der Waals surface area (Å²) < 4.78 is 0. The highest BCUT2D eigenvalue weighted by Crippen LogP contribution is 2.45. The van der Waals surface area contributed by atoms with Crippen LogP contribution in [-0.2, 0) is 6.42 Å². The molecule has 1 aromatic carbocycles. The number of rotatable bonds is 3. The maximum atomic E-state index is 6.22. The molecule has 0 aromatic heterocycles. The number of benzene rings is 1. The van der Waals surface area contributed by atoms with Crippen LogP contribution in [0.15, 0.2) is 18.2 Å². The van der Waals surface area contributed by atoms with Crippen LogP contribution in [0.1, 0.15) is 43.9 Å². The minimum Gasteiger partial charge on any atom is -0.309 e. The number of nitrogens with one attached hydrogen (secondary N) is 1. The maximum Gasteiger partial charge on any atom is 0.0409 e. The lowest BCUT2D eigenvalue weighted by Crippen LogP contribution is -2.40. The summed E-state index contributed by atoms with van der Waals surface area (Å²) >= 11 is 6.22. The monoisotopic (exact) mass is 306 g/mol. The summed E-state index contributed by atoms with van der Waals surface area (Å²) in [7, 11) is 2.24. The zero-order valence-electron chi connectivity index (χ0n) is 13.5. The Kier molecular flexibility index (Phi) is 4.31. The van der Waals surface area contributed by atoms with E-state index in [1.165, 1.54) is 37.1 Å². The number of halogens is 1. The molecule has 3 heteroatoms. The van der Waals surface area contributed by atoms with Gasteiger partial charge in [0, 0.05) is 17.6 Å². The van der Waals surface area contributed by atoms with E-state index < -0.39 is 0 Å². The summed E-state index contributed by atoms with van der Waals surface area (Å²) in [5.74, 6) is 0.780. The van der Waals surface area contributed by atoms with Gasteiger partial charge in [-0.2, -0.15) is 0 Å².